The Labute approximate surface area is 119 Å². The van der Waals surface area contributed by atoms with Gasteiger partial charge in [0.25, 0.3) is 0 Å². The molecule has 0 aromatic carbocycles. The molecule has 1 heterocycles. The van der Waals surface area contributed by atoms with Crippen LogP contribution in [0.3, 0.4) is 0 Å². The summed E-state index contributed by atoms with van der Waals surface area (Å²) in [6.45, 7) is 5.60. The number of pyridine rings is 1. The molecule has 0 aliphatic rings. The lowest BCUT2D eigenvalue weighted by molar-refractivity contribution is 0.425. The molecular formula is C15H20FN3O. The van der Waals surface area contributed by atoms with Gasteiger partial charge < -0.3 is 9.75 Å². The van der Waals surface area contributed by atoms with Gasteiger partial charge in [-0.1, -0.05) is 6.58 Å². The monoisotopic (exact) mass is 277 g/mol. The molecule has 0 atom stereocenters. The summed E-state index contributed by atoms with van der Waals surface area (Å²) < 4.78 is 15.1. The second-order valence-corrected chi connectivity index (χ2v) is 3.74. The molecule has 0 aliphatic carbocycles. The first-order valence-electron chi connectivity index (χ1n) is 5.85. The van der Waals surface area contributed by atoms with Crippen LogP contribution in [-0.4, -0.2) is 19.2 Å². The number of hydrogen-bond donors (Lipinski definition) is 1. The van der Waals surface area contributed by atoms with E-state index in [0.29, 0.717) is 25.2 Å². The molecule has 20 heavy (non-hydrogen) atoms. The van der Waals surface area contributed by atoms with E-state index in [0.717, 1.165) is 11.3 Å². The SMILES string of the molecule is C#CC/C=C(\C=C)Oc1cc(C)c(N(C)N)cn1.CF. The largest absolute Gasteiger partial charge is 0.439 e. The number of aryl methyl sites for hydroxylation is 1. The zero-order valence-corrected chi connectivity index (χ0v) is 12.1. The average Bonchev–Trinajstić information content (AvgIpc) is 2.45. The Morgan fingerprint density at radius 3 is 2.75 bits per heavy atom. The normalized spacial score (nSPS) is 9.90. The molecule has 5 heteroatoms. The molecule has 0 aliphatic heterocycles. The first-order valence-corrected chi connectivity index (χ1v) is 5.85. The van der Waals surface area contributed by atoms with E-state index in [-0.39, 0.29) is 0 Å². The minimum absolute atomic E-state index is 0.487. The summed E-state index contributed by atoms with van der Waals surface area (Å²) in [5.74, 6) is 9.25. The van der Waals surface area contributed by atoms with E-state index in [1.807, 2.05) is 13.0 Å². The first-order chi connectivity index (χ1) is 9.58. The van der Waals surface area contributed by atoms with Gasteiger partial charge in [0.05, 0.1) is 19.1 Å². The van der Waals surface area contributed by atoms with Crippen LogP contribution in [-0.2, 0) is 0 Å². The van der Waals surface area contributed by atoms with Crippen molar-refractivity contribution in [3.05, 3.63) is 42.3 Å². The summed E-state index contributed by atoms with van der Waals surface area (Å²) in [4.78, 5) is 4.17. The van der Waals surface area contributed by atoms with Crippen molar-refractivity contribution in [3.8, 4) is 18.2 Å². The maximum absolute atomic E-state index is 9.50. The highest BCUT2D eigenvalue weighted by atomic mass is 19.1. The summed E-state index contributed by atoms with van der Waals surface area (Å²) >= 11 is 0. The zero-order chi connectivity index (χ0) is 15.5. The highest BCUT2D eigenvalue weighted by Crippen LogP contribution is 2.21. The van der Waals surface area contributed by atoms with Gasteiger partial charge in [0.15, 0.2) is 0 Å². The van der Waals surface area contributed by atoms with Crippen LogP contribution >= 0.6 is 0 Å². The molecule has 0 spiro atoms. The number of nitrogens with zero attached hydrogens (tertiary/aromatic N) is 2. The molecule has 0 fully saturated rings. The van der Waals surface area contributed by atoms with E-state index in [1.165, 1.54) is 5.01 Å². The number of hydrogen-bond acceptors (Lipinski definition) is 4. The topological polar surface area (TPSA) is 51.4 Å². The van der Waals surface area contributed by atoms with Crippen molar-refractivity contribution >= 4 is 5.69 Å². The molecular weight excluding hydrogens is 257 g/mol. The maximum Gasteiger partial charge on any atom is 0.219 e. The number of alkyl halides is 1. The lowest BCUT2D eigenvalue weighted by atomic mass is 10.2. The van der Waals surface area contributed by atoms with Crippen LogP contribution in [0.5, 0.6) is 5.88 Å². The molecule has 0 radical (unpaired) electrons. The molecule has 0 unspecified atom stereocenters. The number of nitrogens with two attached hydrogens (primary N) is 1. The van der Waals surface area contributed by atoms with Gasteiger partial charge in [-0.25, -0.2) is 10.8 Å². The molecule has 0 amide bonds. The van der Waals surface area contributed by atoms with E-state index >= 15 is 0 Å². The number of halogens is 1. The van der Waals surface area contributed by atoms with Gasteiger partial charge in [-0.05, 0) is 24.6 Å². The lowest BCUT2D eigenvalue weighted by Gasteiger charge is -2.15. The quantitative estimate of drug-likeness (QED) is 0.296. The average molecular weight is 277 g/mol. The van der Waals surface area contributed by atoms with Crippen LogP contribution in [0.15, 0.2) is 36.8 Å². The highest BCUT2D eigenvalue weighted by Gasteiger charge is 2.05. The number of anilines is 1. The van der Waals surface area contributed by atoms with Crippen LogP contribution in [0.4, 0.5) is 10.1 Å². The standard InChI is InChI=1S/C14H17N3O.CH3F/c1-5-7-8-12(6-2)18-14-9-11(3)13(10-16-14)17(4)15;1-2/h1,6,8-10H,2,7,15H2,3-4H3;1H3/b12-8+;. The molecule has 0 saturated carbocycles. The number of rotatable bonds is 5. The van der Waals surface area contributed by atoms with Crippen molar-refractivity contribution in [1.29, 1.82) is 0 Å². The third-order valence-electron chi connectivity index (χ3n) is 2.28. The Morgan fingerprint density at radius 1 is 1.65 bits per heavy atom. The van der Waals surface area contributed by atoms with Crippen LogP contribution in [0.25, 0.3) is 0 Å². The van der Waals surface area contributed by atoms with Crippen molar-refractivity contribution in [3.63, 3.8) is 0 Å². The van der Waals surface area contributed by atoms with E-state index in [1.54, 1.807) is 25.4 Å². The Hall–Kier alpha value is -2.32. The Balaban J connectivity index is 0.00000172. The van der Waals surface area contributed by atoms with Crippen molar-refractivity contribution in [2.24, 2.45) is 5.84 Å². The molecule has 1 aromatic heterocycles. The fourth-order valence-electron chi connectivity index (χ4n) is 1.39. The Bertz CT molecular complexity index is 504. The van der Waals surface area contributed by atoms with Crippen LogP contribution < -0.4 is 15.6 Å². The zero-order valence-electron chi connectivity index (χ0n) is 12.1. The van der Waals surface area contributed by atoms with Crippen LogP contribution in [0, 0.1) is 19.3 Å². The Morgan fingerprint density at radius 2 is 2.30 bits per heavy atom. The van der Waals surface area contributed by atoms with Gasteiger partial charge in [0, 0.05) is 19.5 Å². The number of terminal acetylenes is 1. The fraction of sp³-hybridized carbons (Fsp3) is 0.267. The minimum atomic E-state index is 0.487. The molecule has 1 rings (SSSR count). The number of hydrazine groups is 1. The second-order valence-electron chi connectivity index (χ2n) is 3.74. The van der Waals surface area contributed by atoms with Crippen molar-refractivity contribution in [2.45, 2.75) is 13.3 Å². The Kier molecular flexibility index (Phi) is 8.48. The minimum Gasteiger partial charge on any atom is -0.439 e. The van der Waals surface area contributed by atoms with Gasteiger partial charge in [-0.2, -0.15) is 0 Å². The molecule has 1 aromatic rings. The van der Waals surface area contributed by atoms with E-state index < -0.39 is 0 Å². The number of ether oxygens (including phenoxy) is 1. The van der Waals surface area contributed by atoms with Crippen molar-refractivity contribution < 1.29 is 9.13 Å². The molecule has 4 nitrogen and oxygen atoms in total. The second kappa shape index (κ2) is 9.59. The van der Waals surface area contributed by atoms with E-state index in [9.17, 15) is 4.39 Å². The summed E-state index contributed by atoms with van der Waals surface area (Å²) in [6.07, 6.45) is 10.7. The van der Waals surface area contributed by atoms with E-state index in [4.69, 9.17) is 17.0 Å². The summed E-state index contributed by atoms with van der Waals surface area (Å²) in [6, 6.07) is 1.81. The summed E-state index contributed by atoms with van der Waals surface area (Å²) in [5.41, 5.74) is 1.82. The molecule has 108 valence electrons. The van der Waals surface area contributed by atoms with Gasteiger partial charge in [-0.3, -0.25) is 4.39 Å². The third-order valence-corrected chi connectivity index (χ3v) is 2.28. The number of aromatic nitrogens is 1. The fourth-order valence-corrected chi connectivity index (χ4v) is 1.39. The van der Waals surface area contributed by atoms with Gasteiger partial charge in [0.1, 0.15) is 5.76 Å². The molecule has 0 saturated heterocycles. The third kappa shape index (κ3) is 5.55. The van der Waals surface area contributed by atoms with E-state index in [2.05, 4.69) is 17.5 Å². The lowest BCUT2D eigenvalue weighted by Crippen LogP contribution is -2.25. The smallest absolute Gasteiger partial charge is 0.219 e. The molecule has 2 N–H and O–H groups in total. The number of allylic oxidation sites excluding steroid dienone is 2. The predicted octanol–water partition coefficient (Wildman–Crippen LogP) is 2.76. The first kappa shape index (κ1) is 17.7. The molecule has 0 bridgehead atoms. The van der Waals surface area contributed by atoms with Gasteiger partial charge >= 0.3 is 0 Å². The van der Waals surface area contributed by atoms with Crippen LogP contribution in [0.1, 0.15) is 12.0 Å². The van der Waals surface area contributed by atoms with Crippen molar-refractivity contribution in [1.82, 2.24) is 4.98 Å². The predicted molar refractivity (Wildman–Crippen MR) is 81.0 cm³/mol. The maximum atomic E-state index is 9.50. The van der Waals surface area contributed by atoms with Gasteiger partial charge in [-0.15, -0.1) is 12.3 Å². The summed E-state index contributed by atoms with van der Waals surface area (Å²) in [7, 11) is 2.26. The summed E-state index contributed by atoms with van der Waals surface area (Å²) in [5, 5.41) is 1.51. The van der Waals surface area contributed by atoms with Crippen molar-refractivity contribution in [2.75, 3.05) is 19.2 Å². The van der Waals surface area contributed by atoms with Crippen LogP contribution in [0.2, 0.25) is 0 Å². The van der Waals surface area contributed by atoms with Gasteiger partial charge in [0.2, 0.25) is 5.88 Å². The highest BCUT2D eigenvalue weighted by molar-refractivity contribution is 5.51.